The molecule has 2 rings (SSSR count). The second-order valence-electron chi connectivity index (χ2n) is 2.96. The maximum atomic E-state index is 5.72. The van der Waals surface area contributed by atoms with Crippen LogP contribution in [0.15, 0.2) is 42.9 Å². The maximum Gasteiger partial charge on any atom is 0.132 e. The van der Waals surface area contributed by atoms with Crippen LogP contribution < -0.4 is 4.74 Å². The van der Waals surface area contributed by atoms with Crippen molar-refractivity contribution in [2.45, 2.75) is 6.61 Å². The van der Waals surface area contributed by atoms with Crippen LogP contribution in [-0.2, 0) is 6.61 Å². The summed E-state index contributed by atoms with van der Waals surface area (Å²) in [5.41, 5.74) is 1.02. The van der Waals surface area contributed by atoms with Crippen molar-refractivity contribution in [1.29, 1.82) is 0 Å². The fourth-order valence-corrected chi connectivity index (χ4v) is 1.29. The van der Waals surface area contributed by atoms with Crippen LogP contribution in [0.25, 0.3) is 0 Å². The molecule has 0 aliphatic heterocycles. The van der Waals surface area contributed by atoms with Crippen LogP contribution in [-0.4, -0.2) is 9.97 Å². The highest BCUT2D eigenvalue weighted by atomic mass is 35.5. The second kappa shape index (κ2) is 4.75. The van der Waals surface area contributed by atoms with Crippen LogP contribution in [0.4, 0.5) is 0 Å². The van der Waals surface area contributed by atoms with E-state index in [0.29, 0.717) is 17.5 Å². The molecule has 4 heteroatoms. The minimum Gasteiger partial charge on any atom is -0.489 e. The smallest absolute Gasteiger partial charge is 0.132 e. The Bertz CT molecular complexity index is 434. The summed E-state index contributed by atoms with van der Waals surface area (Å²) in [6.07, 6.45) is 5.11. The molecule has 2 aromatic rings. The van der Waals surface area contributed by atoms with E-state index in [-0.39, 0.29) is 0 Å². The number of hydrogen-bond donors (Lipinski definition) is 0. The van der Waals surface area contributed by atoms with E-state index in [9.17, 15) is 0 Å². The van der Waals surface area contributed by atoms with Crippen molar-refractivity contribution in [1.82, 2.24) is 9.97 Å². The highest BCUT2D eigenvalue weighted by Gasteiger charge is 1.96. The third-order valence-electron chi connectivity index (χ3n) is 1.83. The lowest BCUT2D eigenvalue weighted by molar-refractivity contribution is 0.305. The summed E-state index contributed by atoms with van der Waals surface area (Å²) in [6, 6.07) is 7.27. The summed E-state index contributed by atoms with van der Waals surface area (Å²) in [6.45, 7) is 0.480. The van der Waals surface area contributed by atoms with Crippen molar-refractivity contribution < 1.29 is 4.74 Å². The molecular formula is C11H9ClN2O. The second-order valence-corrected chi connectivity index (χ2v) is 3.35. The van der Waals surface area contributed by atoms with Gasteiger partial charge in [0, 0.05) is 30.2 Å². The average molecular weight is 221 g/mol. The lowest BCUT2D eigenvalue weighted by Crippen LogP contribution is -1.95. The van der Waals surface area contributed by atoms with Crippen LogP contribution in [0, 0.1) is 0 Å². The number of ether oxygens (including phenoxy) is 1. The van der Waals surface area contributed by atoms with Gasteiger partial charge in [-0.25, -0.2) is 4.98 Å². The molecule has 0 unspecified atom stereocenters. The summed E-state index contributed by atoms with van der Waals surface area (Å²) in [4.78, 5) is 7.86. The predicted octanol–water partition coefficient (Wildman–Crippen LogP) is 2.71. The van der Waals surface area contributed by atoms with E-state index in [2.05, 4.69) is 9.97 Å². The first-order valence-electron chi connectivity index (χ1n) is 4.48. The molecule has 0 aliphatic rings. The van der Waals surface area contributed by atoms with Gasteiger partial charge in [-0.3, -0.25) is 4.98 Å². The molecule has 0 radical (unpaired) electrons. The summed E-state index contributed by atoms with van der Waals surface area (Å²) >= 11 is 5.72. The number of nitrogens with zero attached hydrogens (tertiary/aromatic N) is 2. The maximum absolute atomic E-state index is 5.72. The van der Waals surface area contributed by atoms with Gasteiger partial charge < -0.3 is 4.74 Å². The fourth-order valence-electron chi connectivity index (χ4n) is 1.12. The summed E-state index contributed by atoms with van der Waals surface area (Å²) in [5.74, 6) is 0.707. The summed E-state index contributed by atoms with van der Waals surface area (Å²) < 4.78 is 5.51. The van der Waals surface area contributed by atoms with Crippen molar-refractivity contribution >= 4 is 11.6 Å². The number of pyridine rings is 2. The third-order valence-corrected chi connectivity index (χ3v) is 2.03. The molecular weight excluding hydrogens is 212 g/mol. The molecule has 76 valence electrons. The Morgan fingerprint density at radius 3 is 2.93 bits per heavy atom. The van der Waals surface area contributed by atoms with Crippen LogP contribution in [0.2, 0.25) is 5.15 Å². The highest BCUT2D eigenvalue weighted by molar-refractivity contribution is 6.29. The normalized spacial score (nSPS) is 9.93. The molecule has 15 heavy (non-hydrogen) atoms. The first-order chi connectivity index (χ1) is 7.34. The van der Waals surface area contributed by atoms with Crippen molar-refractivity contribution in [2.75, 3.05) is 0 Å². The minimum absolute atomic E-state index is 0.429. The van der Waals surface area contributed by atoms with Crippen molar-refractivity contribution in [3.05, 3.63) is 53.6 Å². The van der Waals surface area contributed by atoms with Gasteiger partial charge in [-0.2, -0.15) is 0 Å². The quantitative estimate of drug-likeness (QED) is 0.746. The van der Waals surface area contributed by atoms with Gasteiger partial charge in [0.15, 0.2) is 0 Å². The SMILES string of the molecule is Clc1cc(OCc2cccnc2)ccn1. The lowest BCUT2D eigenvalue weighted by atomic mass is 10.3. The van der Waals surface area contributed by atoms with Crippen LogP contribution in [0.1, 0.15) is 5.56 Å². The molecule has 0 atom stereocenters. The number of rotatable bonds is 3. The van der Waals surface area contributed by atoms with Crippen LogP contribution in [0.5, 0.6) is 5.75 Å². The van der Waals surface area contributed by atoms with Crippen LogP contribution in [0.3, 0.4) is 0 Å². The fraction of sp³-hybridized carbons (Fsp3) is 0.0909. The van der Waals surface area contributed by atoms with Gasteiger partial charge in [0.2, 0.25) is 0 Å². The van der Waals surface area contributed by atoms with Gasteiger partial charge in [0.1, 0.15) is 17.5 Å². The largest absolute Gasteiger partial charge is 0.489 e. The van der Waals surface area contributed by atoms with Gasteiger partial charge in [0.05, 0.1) is 0 Å². The summed E-state index contributed by atoms with van der Waals surface area (Å²) in [5, 5.41) is 0.429. The van der Waals surface area contributed by atoms with Crippen molar-refractivity contribution in [3.8, 4) is 5.75 Å². The number of aromatic nitrogens is 2. The topological polar surface area (TPSA) is 35.0 Å². The lowest BCUT2D eigenvalue weighted by Gasteiger charge is -2.05. The van der Waals surface area contributed by atoms with E-state index >= 15 is 0 Å². The predicted molar refractivity (Wildman–Crippen MR) is 57.8 cm³/mol. The third kappa shape index (κ3) is 2.92. The molecule has 3 nitrogen and oxygen atoms in total. The van der Waals surface area contributed by atoms with Crippen molar-refractivity contribution in [2.24, 2.45) is 0 Å². The van der Waals surface area contributed by atoms with Gasteiger partial charge in [-0.1, -0.05) is 17.7 Å². The first-order valence-corrected chi connectivity index (χ1v) is 4.85. The molecule has 0 fully saturated rings. The van der Waals surface area contributed by atoms with Gasteiger partial charge in [-0.05, 0) is 12.1 Å². The Morgan fingerprint density at radius 1 is 1.27 bits per heavy atom. The zero-order valence-electron chi connectivity index (χ0n) is 7.93. The Morgan fingerprint density at radius 2 is 2.20 bits per heavy atom. The zero-order valence-corrected chi connectivity index (χ0v) is 8.69. The zero-order chi connectivity index (χ0) is 10.5. The molecule has 0 amide bonds. The van der Waals surface area contributed by atoms with E-state index in [0.717, 1.165) is 5.56 Å². The standard InChI is InChI=1S/C11H9ClN2O/c12-11-6-10(3-5-14-11)15-8-9-2-1-4-13-7-9/h1-7H,8H2. The van der Waals surface area contributed by atoms with E-state index in [1.165, 1.54) is 0 Å². The first kappa shape index (κ1) is 9.93. The van der Waals surface area contributed by atoms with E-state index in [1.807, 2.05) is 12.1 Å². The Hall–Kier alpha value is -1.61. The van der Waals surface area contributed by atoms with Gasteiger partial charge in [0.25, 0.3) is 0 Å². The van der Waals surface area contributed by atoms with E-state index in [4.69, 9.17) is 16.3 Å². The molecule has 0 aromatic carbocycles. The Labute approximate surface area is 92.7 Å². The Kier molecular flexibility index (Phi) is 3.15. The molecule has 2 aromatic heterocycles. The van der Waals surface area contributed by atoms with Gasteiger partial charge >= 0.3 is 0 Å². The highest BCUT2D eigenvalue weighted by Crippen LogP contribution is 2.15. The molecule has 0 spiro atoms. The van der Waals surface area contributed by atoms with Gasteiger partial charge in [-0.15, -0.1) is 0 Å². The monoisotopic (exact) mass is 220 g/mol. The van der Waals surface area contributed by atoms with E-state index in [1.54, 1.807) is 30.7 Å². The molecule has 0 bridgehead atoms. The van der Waals surface area contributed by atoms with Crippen molar-refractivity contribution in [3.63, 3.8) is 0 Å². The number of hydrogen-bond acceptors (Lipinski definition) is 3. The average Bonchev–Trinajstić information content (AvgIpc) is 2.28. The molecule has 0 aliphatic carbocycles. The molecule has 0 saturated carbocycles. The molecule has 0 N–H and O–H groups in total. The minimum atomic E-state index is 0.429. The molecule has 2 heterocycles. The molecule has 0 saturated heterocycles. The number of halogens is 1. The summed E-state index contributed by atoms with van der Waals surface area (Å²) in [7, 11) is 0. The van der Waals surface area contributed by atoms with E-state index < -0.39 is 0 Å². The Balaban J connectivity index is 1.99. The van der Waals surface area contributed by atoms with Crippen LogP contribution >= 0.6 is 11.6 Å².